The second kappa shape index (κ2) is 3.19. The Bertz CT molecular complexity index is 340. The smallest absolute Gasteiger partial charge is 0.238 e. The maximum atomic E-state index is 13.0. The molecule has 1 rings (SSSR count). The van der Waals surface area contributed by atoms with Crippen LogP contribution in [0.15, 0.2) is 18.2 Å². The maximum absolute atomic E-state index is 13.0. The number of carbonyl (C=O) groups is 1. The molecule has 0 bridgehead atoms. The number of aryl methyl sites for hydroxylation is 1. The lowest BCUT2D eigenvalue weighted by Gasteiger charge is -2.00. The summed E-state index contributed by atoms with van der Waals surface area (Å²) in [7, 11) is 0. The van der Waals surface area contributed by atoms with E-state index in [0.717, 1.165) is 0 Å². The molecule has 0 amide bonds. The molecule has 0 N–H and O–H groups in total. The molecular formula is C10H7FO. The predicted molar refractivity (Wildman–Crippen MR) is 44.3 cm³/mol. The number of halogens is 1. The maximum Gasteiger partial charge on any atom is 0.238 e. The van der Waals surface area contributed by atoms with Crippen molar-refractivity contribution in [3.63, 3.8) is 0 Å². The van der Waals surface area contributed by atoms with Gasteiger partial charge < -0.3 is 0 Å². The fraction of sp³-hybridized carbons (Fsp3) is 0.100. The van der Waals surface area contributed by atoms with Crippen molar-refractivity contribution >= 4 is 5.78 Å². The van der Waals surface area contributed by atoms with E-state index in [9.17, 15) is 9.18 Å². The van der Waals surface area contributed by atoms with E-state index in [0.29, 0.717) is 5.56 Å². The van der Waals surface area contributed by atoms with E-state index < -0.39 is 11.6 Å². The highest BCUT2D eigenvalue weighted by atomic mass is 19.1. The largest absolute Gasteiger partial charge is 0.279 e. The summed E-state index contributed by atoms with van der Waals surface area (Å²) < 4.78 is 13.0. The average Bonchev–Trinajstić information content (AvgIpc) is 2.03. The second-order valence-electron chi connectivity index (χ2n) is 2.41. The van der Waals surface area contributed by atoms with E-state index in [2.05, 4.69) is 0 Å². The zero-order chi connectivity index (χ0) is 9.14. The molecule has 12 heavy (non-hydrogen) atoms. The Labute approximate surface area is 70.2 Å². The van der Waals surface area contributed by atoms with E-state index >= 15 is 0 Å². The minimum atomic E-state index is -0.606. The third-order valence-electron chi connectivity index (χ3n) is 1.58. The van der Waals surface area contributed by atoms with Crippen molar-refractivity contribution < 1.29 is 9.18 Å². The molecule has 0 fully saturated rings. The Kier molecular flexibility index (Phi) is 2.25. The molecule has 1 nitrogen and oxygen atoms in total. The first kappa shape index (κ1) is 8.48. The predicted octanol–water partition coefficient (Wildman–Crippen LogP) is 1.95. The van der Waals surface area contributed by atoms with Gasteiger partial charge >= 0.3 is 0 Å². The van der Waals surface area contributed by atoms with Gasteiger partial charge in [0.15, 0.2) is 0 Å². The summed E-state index contributed by atoms with van der Waals surface area (Å²) in [5, 5.41) is 0. The van der Waals surface area contributed by atoms with Crippen LogP contribution < -0.4 is 0 Å². The molecule has 0 saturated carbocycles. The Morgan fingerprint density at radius 3 is 2.75 bits per heavy atom. The number of carbonyl (C=O) groups excluding carboxylic acids is 1. The number of ketones is 1. The molecule has 0 aromatic heterocycles. The molecule has 0 aliphatic heterocycles. The molecule has 0 spiro atoms. The van der Waals surface area contributed by atoms with Crippen molar-refractivity contribution in [3.05, 3.63) is 35.1 Å². The van der Waals surface area contributed by atoms with Crippen molar-refractivity contribution in [1.82, 2.24) is 0 Å². The summed E-state index contributed by atoms with van der Waals surface area (Å²) in [6.07, 6.45) is 4.88. The van der Waals surface area contributed by atoms with Crippen LogP contribution in [0.2, 0.25) is 0 Å². The van der Waals surface area contributed by atoms with Gasteiger partial charge in [0.25, 0.3) is 0 Å². The number of terminal acetylenes is 1. The molecule has 1 aromatic rings. The van der Waals surface area contributed by atoms with Gasteiger partial charge in [0.2, 0.25) is 5.78 Å². The van der Waals surface area contributed by atoms with Gasteiger partial charge in [-0.2, -0.15) is 0 Å². The van der Waals surface area contributed by atoms with Crippen LogP contribution in [0.5, 0.6) is 0 Å². The number of hydrogen-bond acceptors (Lipinski definition) is 1. The van der Waals surface area contributed by atoms with E-state index in [1.807, 2.05) is 5.92 Å². The first-order valence-electron chi connectivity index (χ1n) is 3.43. The number of Topliss-reactive ketones (excluding diaryl/α,β-unsaturated/α-hetero) is 1. The number of hydrogen-bond donors (Lipinski definition) is 0. The van der Waals surface area contributed by atoms with Crippen LogP contribution in [0, 0.1) is 25.1 Å². The highest BCUT2D eigenvalue weighted by Gasteiger charge is 2.10. The minimum Gasteiger partial charge on any atom is -0.279 e. The monoisotopic (exact) mass is 162 g/mol. The lowest BCUT2D eigenvalue weighted by atomic mass is 10.0. The third kappa shape index (κ3) is 1.35. The van der Waals surface area contributed by atoms with Crippen molar-refractivity contribution in [2.45, 2.75) is 6.92 Å². The molecule has 0 aliphatic carbocycles. The summed E-state index contributed by atoms with van der Waals surface area (Å²) in [4.78, 5) is 11.0. The van der Waals surface area contributed by atoms with Crippen LogP contribution in [0.25, 0.3) is 0 Å². The Hall–Kier alpha value is -1.62. The van der Waals surface area contributed by atoms with Gasteiger partial charge in [0.1, 0.15) is 5.82 Å². The third-order valence-corrected chi connectivity index (χ3v) is 1.58. The molecule has 0 unspecified atom stereocenters. The first-order chi connectivity index (χ1) is 5.66. The summed E-state index contributed by atoms with van der Waals surface area (Å²) in [5.74, 6) is 0.721. The van der Waals surface area contributed by atoms with Crippen LogP contribution in [0.3, 0.4) is 0 Å². The van der Waals surface area contributed by atoms with Crippen molar-refractivity contribution in [2.24, 2.45) is 0 Å². The minimum absolute atomic E-state index is 0.000000000000000222. The SMILES string of the molecule is C#CC(=O)c1c(C)cccc1F. The van der Waals surface area contributed by atoms with E-state index in [1.165, 1.54) is 12.1 Å². The van der Waals surface area contributed by atoms with Crippen LogP contribution >= 0.6 is 0 Å². The van der Waals surface area contributed by atoms with Crippen LogP contribution in [0.1, 0.15) is 15.9 Å². The fourth-order valence-electron chi connectivity index (χ4n) is 0.992. The molecule has 0 radical (unpaired) electrons. The molecule has 60 valence electrons. The molecular weight excluding hydrogens is 155 g/mol. The van der Waals surface area contributed by atoms with Crippen molar-refractivity contribution in [2.75, 3.05) is 0 Å². The average molecular weight is 162 g/mol. The second-order valence-corrected chi connectivity index (χ2v) is 2.41. The van der Waals surface area contributed by atoms with Gasteiger partial charge in [0.05, 0.1) is 5.56 Å². The summed E-state index contributed by atoms with van der Waals surface area (Å²) in [6.45, 7) is 1.65. The molecule has 0 heterocycles. The molecule has 0 atom stereocenters. The highest BCUT2D eigenvalue weighted by molar-refractivity contribution is 6.09. The molecule has 0 saturated heterocycles. The van der Waals surface area contributed by atoms with E-state index in [-0.39, 0.29) is 5.56 Å². The standard InChI is InChI=1S/C10H7FO/c1-3-9(12)10-7(2)5-4-6-8(10)11/h1,4-6H,2H3. The van der Waals surface area contributed by atoms with Crippen molar-refractivity contribution in [1.29, 1.82) is 0 Å². The quantitative estimate of drug-likeness (QED) is 0.350. The lowest BCUT2D eigenvalue weighted by molar-refractivity contribution is 0.105. The van der Waals surface area contributed by atoms with Crippen LogP contribution in [0.4, 0.5) is 4.39 Å². The number of benzene rings is 1. The zero-order valence-corrected chi connectivity index (χ0v) is 6.60. The van der Waals surface area contributed by atoms with Gasteiger partial charge in [-0.1, -0.05) is 12.1 Å². The molecule has 1 aromatic carbocycles. The van der Waals surface area contributed by atoms with E-state index in [4.69, 9.17) is 6.42 Å². The fourth-order valence-corrected chi connectivity index (χ4v) is 0.992. The van der Waals surface area contributed by atoms with Gasteiger partial charge in [-0.05, 0) is 24.5 Å². The first-order valence-corrected chi connectivity index (χ1v) is 3.43. The normalized spacial score (nSPS) is 9.08. The van der Waals surface area contributed by atoms with E-state index in [1.54, 1.807) is 13.0 Å². The van der Waals surface area contributed by atoms with Gasteiger partial charge in [0, 0.05) is 0 Å². The zero-order valence-electron chi connectivity index (χ0n) is 6.60. The summed E-state index contributed by atoms with van der Waals surface area (Å²) >= 11 is 0. The van der Waals surface area contributed by atoms with Gasteiger partial charge in [-0.25, -0.2) is 4.39 Å². The Morgan fingerprint density at radius 1 is 1.58 bits per heavy atom. The van der Waals surface area contributed by atoms with Crippen LogP contribution in [-0.2, 0) is 0 Å². The Balaban J connectivity index is 3.33. The topological polar surface area (TPSA) is 17.1 Å². The van der Waals surface area contributed by atoms with Gasteiger partial charge in [-0.3, -0.25) is 4.79 Å². The number of rotatable bonds is 1. The highest BCUT2D eigenvalue weighted by Crippen LogP contribution is 2.12. The lowest BCUT2D eigenvalue weighted by Crippen LogP contribution is -2.01. The summed E-state index contributed by atoms with van der Waals surface area (Å²) in [5.41, 5.74) is 0.568. The van der Waals surface area contributed by atoms with Crippen molar-refractivity contribution in [3.8, 4) is 12.3 Å². The van der Waals surface area contributed by atoms with Crippen LogP contribution in [-0.4, -0.2) is 5.78 Å². The molecule has 2 heteroatoms. The molecule has 0 aliphatic rings. The summed E-state index contributed by atoms with van der Waals surface area (Å²) in [6, 6.07) is 4.41. The Morgan fingerprint density at radius 2 is 2.25 bits per heavy atom. The van der Waals surface area contributed by atoms with Gasteiger partial charge in [-0.15, -0.1) is 6.42 Å².